The first-order chi connectivity index (χ1) is 23.5. The second-order valence-electron chi connectivity index (χ2n) is 11.3. The van der Waals surface area contributed by atoms with E-state index in [0.29, 0.717) is 0 Å². The Balaban J connectivity index is -0.000000129. The van der Waals surface area contributed by atoms with Crippen molar-refractivity contribution in [2.45, 2.75) is 147 Å². The molecule has 0 saturated carbocycles. The Morgan fingerprint density at radius 3 is 0.830 bits per heavy atom. The third kappa shape index (κ3) is 23.9. The first-order valence-electron chi connectivity index (χ1n) is 18.5. The molecule has 0 saturated heterocycles. The summed E-state index contributed by atoms with van der Waals surface area (Å²) in [4.78, 5) is 0. The minimum atomic E-state index is 0. The van der Waals surface area contributed by atoms with Gasteiger partial charge in [0.05, 0.1) is 0 Å². The monoisotopic (exact) mass is 723 g/mol. The molecule has 0 heteroatoms. The maximum atomic E-state index is 2.22. The summed E-state index contributed by atoms with van der Waals surface area (Å²) in [7, 11) is 0. The zero-order valence-electron chi connectivity index (χ0n) is 34.5. The van der Waals surface area contributed by atoms with E-state index in [1.807, 2.05) is 55.4 Å². The predicted molar refractivity (Wildman–Crippen MR) is 256 cm³/mol. The average Bonchev–Trinajstić information content (AvgIpc) is 3.13. The van der Waals surface area contributed by atoms with Crippen molar-refractivity contribution in [2.75, 3.05) is 0 Å². The van der Waals surface area contributed by atoms with E-state index in [-0.39, 0.29) is 29.7 Å². The maximum Gasteiger partial charge on any atom is -0.0152 e. The van der Waals surface area contributed by atoms with Gasteiger partial charge >= 0.3 is 0 Å². The molecule has 0 aromatic heterocycles. The highest BCUT2D eigenvalue weighted by Crippen LogP contribution is 2.21. The molecule has 6 aromatic carbocycles. The summed E-state index contributed by atoms with van der Waals surface area (Å²) in [6.07, 6.45) is 0. The van der Waals surface area contributed by atoms with Gasteiger partial charge in [-0.3, -0.25) is 0 Å². The normalized spacial score (nSPS) is 8.25. The quantitative estimate of drug-likeness (QED) is 0.146. The van der Waals surface area contributed by atoms with E-state index < -0.39 is 0 Å². The average molecular weight is 723 g/mol. The standard InChI is InChI=1S/2C12H12.C9H12.C8H10.4C2H6.4CH4/c1-9-3-5-12-8-10(2)4-6-11(12)7-9;1-9-5-3-8-12-10(2)6-4-7-11(9)12;1-7-4-5-8(2)9(3)6-7;1-7-3-5-8(2)6-4-7;4*1-2;;;;/h2*3-8H,1-2H3;4-6H,1-3H3;3-6H,1-2H3;4*1-2H3;4*1H4. The Bertz CT molecular complexity index is 1600. The Labute approximate surface area is 333 Å². The molecule has 0 fully saturated rings. The second kappa shape index (κ2) is 36.2. The largest absolute Gasteiger partial charge is 0.0776 e. The van der Waals surface area contributed by atoms with Crippen LogP contribution in [0.1, 0.15) is 135 Å². The van der Waals surface area contributed by atoms with Crippen LogP contribution in [0, 0.1) is 62.3 Å². The summed E-state index contributed by atoms with van der Waals surface area (Å²) in [6.45, 7) is 35.1. The molecule has 0 nitrogen and oxygen atoms in total. The van der Waals surface area contributed by atoms with E-state index in [2.05, 4.69) is 178 Å². The van der Waals surface area contributed by atoms with Crippen molar-refractivity contribution in [3.63, 3.8) is 0 Å². The third-order valence-electron chi connectivity index (χ3n) is 7.39. The van der Waals surface area contributed by atoms with Gasteiger partial charge in [-0.25, -0.2) is 0 Å². The summed E-state index contributed by atoms with van der Waals surface area (Å²) in [5.74, 6) is 0. The molecule has 6 aromatic rings. The Morgan fingerprint density at radius 1 is 0.245 bits per heavy atom. The number of benzene rings is 6. The van der Waals surface area contributed by atoms with Gasteiger partial charge in [0.1, 0.15) is 0 Å². The molecule has 6 rings (SSSR count). The summed E-state index contributed by atoms with van der Waals surface area (Å²) in [5, 5.41) is 5.41. The van der Waals surface area contributed by atoms with Crippen LogP contribution in [-0.4, -0.2) is 0 Å². The molecule has 0 aliphatic carbocycles. The van der Waals surface area contributed by atoms with Crippen LogP contribution in [0.5, 0.6) is 0 Å². The van der Waals surface area contributed by atoms with Gasteiger partial charge in [-0.1, -0.05) is 228 Å². The smallest absolute Gasteiger partial charge is 0.0152 e. The predicted octanol–water partition coefficient (Wildman–Crippen LogP) is 18.5. The van der Waals surface area contributed by atoms with Gasteiger partial charge in [0.2, 0.25) is 0 Å². The lowest BCUT2D eigenvalue weighted by molar-refractivity contribution is 1.30. The van der Waals surface area contributed by atoms with Gasteiger partial charge in [0, 0.05) is 0 Å². The van der Waals surface area contributed by atoms with Crippen LogP contribution >= 0.6 is 0 Å². The highest BCUT2D eigenvalue weighted by molar-refractivity contribution is 5.88. The Hall–Kier alpha value is -4.16. The van der Waals surface area contributed by atoms with Crippen molar-refractivity contribution >= 4 is 21.5 Å². The van der Waals surface area contributed by atoms with E-state index in [1.54, 1.807) is 0 Å². The molecule has 0 heterocycles. The van der Waals surface area contributed by atoms with Crippen LogP contribution in [0.4, 0.5) is 0 Å². The molecular weight excluding hydrogens is 637 g/mol. The Morgan fingerprint density at radius 2 is 0.528 bits per heavy atom. The number of fused-ring (bicyclic) bond motifs is 2. The number of aryl methyl sites for hydroxylation is 9. The SMILES string of the molecule is C.C.C.C.CC.CC.CC.CC.Cc1ccc(C)c(C)c1.Cc1ccc(C)cc1.Cc1ccc2cc(C)ccc2c1.Cc1cccc2c(C)cccc12. The lowest BCUT2D eigenvalue weighted by Gasteiger charge is -2.03. The zero-order valence-corrected chi connectivity index (χ0v) is 34.5. The first-order valence-corrected chi connectivity index (χ1v) is 18.5. The van der Waals surface area contributed by atoms with Crippen molar-refractivity contribution in [1.29, 1.82) is 0 Å². The van der Waals surface area contributed by atoms with E-state index >= 15 is 0 Å². The number of rotatable bonds is 0. The molecule has 0 spiro atoms. The van der Waals surface area contributed by atoms with Crippen LogP contribution in [-0.2, 0) is 0 Å². The molecule has 0 unspecified atom stereocenters. The van der Waals surface area contributed by atoms with Crippen molar-refractivity contribution < 1.29 is 0 Å². The van der Waals surface area contributed by atoms with Gasteiger partial charge in [0.25, 0.3) is 0 Å². The molecule has 0 aliphatic heterocycles. The zero-order chi connectivity index (χ0) is 37.9. The summed E-state index contributed by atoms with van der Waals surface area (Å²) in [6, 6.07) is 41.0. The first kappa shape index (κ1) is 60.9. The molecule has 0 atom stereocenters. The molecule has 0 radical (unpaired) electrons. The molecule has 0 aliphatic rings. The maximum absolute atomic E-state index is 2.22. The van der Waals surface area contributed by atoms with Crippen molar-refractivity contribution in [3.8, 4) is 0 Å². The van der Waals surface area contributed by atoms with Crippen LogP contribution in [0.15, 0.2) is 115 Å². The number of hydrogen-bond donors (Lipinski definition) is 0. The van der Waals surface area contributed by atoms with Crippen molar-refractivity contribution in [1.82, 2.24) is 0 Å². The molecule has 298 valence electrons. The van der Waals surface area contributed by atoms with Crippen LogP contribution < -0.4 is 0 Å². The topological polar surface area (TPSA) is 0 Å². The van der Waals surface area contributed by atoms with Gasteiger partial charge in [0.15, 0.2) is 0 Å². The van der Waals surface area contributed by atoms with Gasteiger partial charge in [-0.05, 0) is 106 Å². The fraction of sp³-hybridized carbons (Fsp3) is 0.396. The fourth-order valence-electron chi connectivity index (χ4n) is 4.64. The van der Waals surface area contributed by atoms with Gasteiger partial charge in [-0.15, -0.1) is 0 Å². The van der Waals surface area contributed by atoms with E-state index in [0.717, 1.165) is 0 Å². The highest BCUT2D eigenvalue weighted by atomic mass is 14.0. The molecular formula is C53H86. The number of hydrogen-bond acceptors (Lipinski definition) is 0. The van der Waals surface area contributed by atoms with Gasteiger partial charge in [-0.2, -0.15) is 0 Å². The lowest BCUT2D eigenvalue weighted by atomic mass is 10.0. The lowest BCUT2D eigenvalue weighted by Crippen LogP contribution is -1.80. The molecule has 0 amide bonds. The molecule has 0 N–H and O–H groups in total. The molecule has 53 heavy (non-hydrogen) atoms. The second-order valence-corrected chi connectivity index (χ2v) is 11.3. The van der Waals surface area contributed by atoms with Crippen LogP contribution in [0.2, 0.25) is 0 Å². The fourth-order valence-corrected chi connectivity index (χ4v) is 4.64. The summed E-state index contributed by atoms with van der Waals surface area (Å²) < 4.78 is 0. The highest BCUT2D eigenvalue weighted by Gasteiger charge is 1.97. The minimum absolute atomic E-state index is 0. The molecule has 0 bridgehead atoms. The van der Waals surface area contributed by atoms with Crippen molar-refractivity contribution in [2.24, 2.45) is 0 Å². The van der Waals surface area contributed by atoms with Gasteiger partial charge < -0.3 is 0 Å². The van der Waals surface area contributed by atoms with Crippen LogP contribution in [0.25, 0.3) is 21.5 Å². The van der Waals surface area contributed by atoms with E-state index in [9.17, 15) is 0 Å². The van der Waals surface area contributed by atoms with Crippen LogP contribution in [0.3, 0.4) is 0 Å². The van der Waals surface area contributed by atoms with Crippen molar-refractivity contribution in [3.05, 3.63) is 165 Å². The van der Waals surface area contributed by atoms with E-state index in [1.165, 1.54) is 71.6 Å². The summed E-state index contributed by atoms with van der Waals surface area (Å²) in [5.41, 5.74) is 12.1. The van der Waals surface area contributed by atoms with E-state index in [4.69, 9.17) is 0 Å². The summed E-state index contributed by atoms with van der Waals surface area (Å²) >= 11 is 0. The Kier molecular flexibility index (Phi) is 41.6. The third-order valence-corrected chi connectivity index (χ3v) is 7.39. The minimum Gasteiger partial charge on any atom is -0.0776 e.